The SMILES string of the molecule is CC(C)c1ccc([C@@H](NC(=O)[C@@H]2C[C@@H](F)CN2C(=O)Cn2ncc(N3CC(F)(F)C3)n2)c2ccccc2)nc1F. The number of nitrogens with zero attached hydrogens (tertiary/aromatic N) is 6. The van der Waals surface area contributed by atoms with Gasteiger partial charge in [0.1, 0.15) is 18.8 Å². The van der Waals surface area contributed by atoms with Gasteiger partial charge in [-0.3, -0.25) is 9.59 Å². The minimum atomic E-state index is -2.79. The van der Waals surface area contributed by atoms with E-state index in [1.807, 2.05) is 13.8 Å². The van der Waals surface area contributed by atoms with Crippen molar-refractivity contribution in [1.29, 1.82) is 0 Å². The van der Waals surface area contributed by atoms with Crippen molar-refractivity contribution in [3.8, 4) is 0 Å². The highest BCUT2D eigenvalue weighted by molar-refractivity contribution is 5.88. The van der Waals surface area contributed by atoms with Gasteiger partial charge in [0.15, 0.2) is 5.82 Å². The van der Waals surface area contributed by atoms with E-state index in [9.17, 15) is 27.2 Å². The predicted octanol–water partition coefficient (Wildman–Crippen LogP) is 3.24. The third-order valence-electron chi connectivity index (χ3n) is 7.08. The van der Waals surface area contributed by atoms with E-state index in [0.717, 1.165) is 9.70 Å². The lowest BCUT2D eigenvalue weighted by atomic mass is 9.99. The summed E-state index contributed by atoms with van der Waals surface area (Å²) in [7, 11) is 0. The monoisotopic (exact) mass is 559 g/mol. The van der Waals surface area contributed by atoms with E-state index < -0.39 is 61.6 Å². The Kier molecular flexibility index (Phi) is 7.47. The van der Waals surface area contributed by atoms with Crippen LogP contribution in [0.4, 0.5) is 23.4 Å². The number of nitrogens with one attached hydrogen (secondary N) is 1. The van der Waals surface area contributed by atoms with Gasteiger partial charge in [-0.1, -0.05) is 50.2 Å². The molecule has 40 heavy (non-hydrogen) atoms. The Labute approximate surface area is 228 Å². The standard InChI is InChI=1S/C27H29F4N7O2/c1-16(2)19-8-9-20(33-25(19)29)24(17-6-4-3-5-7-17)34-26(40)21-10-18(28)12-37(21)23(39)13-38-32-11-22(35-38)36-14-27(30,31)15-36/h3-9,11,16,18,21,24H,10,12-15H2,1-2H3,(H,34,40)/t18-,21+,24+/m1/s1. The molecule has 5 rings (SSSR count). The lowest BCUT2D eigenvalue weighted by molar-refractivity contribution is -0.139. The summed E-state index contributed by atoms with van der Waals surface area (Å²) in [6.07, 6.45) is -0.371. The molecule has 2 aromatic heterocycles. The largest absolute Gasteiger partial charge is 0.342 e. The molecule has 0 bridgehead atoms. The van der Waals surface area contributed by atoms with Gasteiger partial charge in [0.25, 0.3) is 5.92 Å². The van der Waals surface area contributed by atoms with Crippen LogP contribution in [-0.4, -0.2) is 74.5 Å². The van der Waals surface area contributed by atoms with Gasteiger partial charge in [-0.25, -0.2) is 18.2 Å². The van der Waals surface area contributed by atoms with Crippen LogP contribution in [0.1, 0.15) is 49.0 Å². The minimum Gasteiger partial charge on any atom is -0.342 e. The number of carbonyl (C=O) groups is 2. The third kappa shape index (κ3) is 5.77. The van der Waals surface area contributed by atoms with Crippen LogP contribution in [0.25, 0.3) is 0 Å². The maximum Gasteiger partial charge on any atom is 0.282 e. The zero-order valence-corrected chi connectivity index (χ0v) is 22.0. The molecular weight excluding hydrogens is 530 g/mol. The molecule has 2 amide bonds. The number of carbonyl (C=O) groups excluding carboxylic acids is 2. The van der Waals surface area contributed by atoms with Crippen LogP contribution < -0.4 is 10.2 Å². The van der Waals surface area contributed by atoms with E-state index in [1.165, 1.54) is 11.1 Å². The molecule has 0 saturated carbocycles. The number of halogens is 4. The lowest BCUT2D eigenvalue weighted by Crippen LogP contribution is -2.56. The van der Waals surface area contributed by atoms with Crippen molar-refractivity contribution >= 4 is 17.6 Å². The average Bonchev–Trinajstić information content (AvgIpc) is 3.52. The molecule has 3 aromatic rings. The fraction of sp³-hybridized carbons (Fsp3) is 0.444. The fourth-order valence-corrected chi connectivity index (χ4v) is 4.97. The molecule has 3 atom stereocenters. The second-order valence-electron chi connectivity index (χ2n) is 10.5. The second kappa shape index (κ2) is 10.9. The number of pyridine rings is 1. The van der Waals surface area contributed by atoms with Gasteiger partial charge in [-0.15, -0.1) is 5.10 Å². The van der Waals surface area contributed by atoms with Crippen molar-refractivity contribution in [2.45, 2.75) is 56.9 Å². The van der Waals surface area contributed by atoms with Crippen molar-refractivity contribution in [3.63, 3.8) is 0 Å². The van der Waals surface area contributed by atoms with E-state index in [4.69, 9.17) is 0 Å². The summed E-state index contributed by atoms with van der Waals surface area (Å²) >= 11 is 0. The van der Waals surface area contributed by atoms with Crippen molar-refractivity contribution in [2.24, 2.45) is 0 Å². The van der Waals surface area contributed by atoms with Crippen LogP contribution in [0.15, 0.2) is 48.7 Å². The molecule has 2 aliphatic rings. The molecule has 2 saturated heterocycles. The molecule has 13 heteroatoms. The number of likely N-dealkylation sites (tertiary alicyclic amines) is 1. The summed E-state index contributed by atoms with van der Waals surface area (Å²) < 4.78 is 55.6. The van der Waals surface area contributed by atoms with E-state index in [-0.39, 0.29) is 30.4 Å². The number of hydrogen-bond acceptors (Lipinski definition) is 6. The fourth-order valence-electron chi connectivity index (χ4n) is 4.97. The van der Waals surface area contributed by atoms with Crippen molar-refractivity contribution < 1.29 is 27.2 Å². The number of aromatic nitrogens is 4. The first-order valence-corrected chi connectivity index (χ1v) is 13.0. The van der Waals surface area contributed by atoms with Crippen molar-refractivity contribution in [2.75, 3.05) is 24.5 Å². The Hall–Kier alpha value is -4.03. The van der Waals surface area contributed by atoms with Crippen LogP contribution in [0.3, 0.4) is 0 Å². The molecule has 2 fully saturated rings. The molecule has 4 heterocycles. The molecule has 9 nitrogen and oxygen atoms in total. The zero-order chi connectivity index (χ0) is 28.6. The summed E-state index contributed by atoms with van der Waals surface area (Å²) in [6.45, 7) is 2.02. The van der Waals surface area contributed by atoms with Gasteiger partial charge in [0.2, 0.25) is 17.8 Å². The Morgan fingerprint density at radius 3 is 2.50 bits per heavy atom. The maximum atomic E-state index is 14.8. The van der Waals surface area contributed by atoms with Gasteiger partial charge >= 0.3 is 0 Å². The normalized spacial score (nSPS) is 20.9. The number of amides is 2. The Morgan fingerprint density at radius 1 is 1.12 bits per heavy atom. The zero-order valence-electron chi connectivity index (χ0n) is 22.0. The van der Waals surface area contributed by atoms with Gasteiger partial charge in [0.05, 0.1) is 37.6 Å². The Bertz CT molecular complexity index is 1380. The predicted molar refractivity (Wildman–Crippen MR) is 137 cm³/mol. The Morgan fingerprint density at radius 2 is 1.85 bits per heavy atom. The summed E-state index contributed by atoms with van der Waals surface area (Å²) in [4.78, 5) is 34.2. The maximum absolute atomic E-state index is 14.8. The van der Waals surface area contributed by atoms with E-state index in [0.29, 0.717) is 11.1 Å². The molecule has 0 aliphatic carbocycles. The highest BCUT2D eigenvalue weighted by Gasteiger charge is 2.45. The van der Waals surface area contributed by atoms with Crippen molar-refractivity contribution in [1.82, 2.24) is 30.2 Å². The van der Waals surface area contributed by atoms with Crippen LogP contribution in [0.5, 0.6) is 0 Å². The summed E-state index contributed by atoms with van der Waals surface area (Å²) in [5, 5.41) is 10.9. The number of alkyl halides is 3. The van der Waals surface area contributed by atoms with Gasteiger partial charge < -0.3 is 15.1 Å². The third-order valence-corrected chi connectivity index (χ3v) is 7.08. The van der Waals surface area contributed by atoms with Gasteiger partial charge in [0, 0.05) is 12.0 Å². The molecule has 1 N–H and O–H groups in total. The number of rotatable bonds is 8. The smallest absolute Gasteiger partial charge is 0.282 e. The highest BCUT2D eigenvalue weighted by Crippen LogP contribution is 2.30. The topological polar surface area (TPSA) is 96.2 Å². The van der Waals surface area contributed by atoms with Crippen LogP contribution >= 0.6 is 0 Å². The molecule has 0 unspecified atom stereocenters. The molecular formula is C27H29F4N7O2. The Balaban J connectivity index is 1.32. The molecule has 2 aliphatic heterocycles. The number of benzene rings is 1. The van der Waals surface area contributed by atoms with E-state index in [1.54, 1.807) is 42.5 Å². The van der Waals surface area contributed by atoms with Gasteiger partial charge in [-0.05, 0) is 17.5 Å². The number of hydrogen-bond donors (Lipinski definition) is 1. The first-order chi connectivity index (χ1) is 19.0. The van der Waals surface area contributed by atoms with E-state index >= 15 is 0 Å². The quantitative estimate of drug-likeness (QED) is 0.336. The molecule has 0 radical (unpaired) electrons. The minimum absolute atomic E-state index is 0.0851. The van der Waals surface area contributed by atoms with Crippen LogP contribution in [-0.2, 0) is 16.1 Å². The van der Waals surface area contributed by atoms with E-state index in [2.05, 4.69) is 20.5 Å². The second-order valence-corrected chi connectivity index (χ2v) is 10.5. The van der Waals surface area contributed by atoms with Crippen molar-refractivity contribution in [3.05, 3.63) is 71.4 Å². The van der Waals surface area contributed by atoms with Gasteiger partial charge in [-0.2, -0.15) is 14.3 Å². The first-order valence-electron chi connectivity index (χ1n) is 13.0. The lowest BCUT2D eigenvalue weighted by Gasteiger charge is -2.38. The van der Waals surface area contributed by atoms with Crippen LogP contribution in [0, 0.1) is 5.95 Å². The number of anilines is 1. The highest BCUT2D eigenvalue weighted by atomic mass is 19.3. The molecule has 0 spiro atoms. The first kappa shape index (κ1) is 27.5. The summed E-state index contributed by atoms with van der Waals surface area (Å²) in [6, 6.07) is 10.1. The molecule has 1 aromatic carbocycles. The molecule has 212 valence electrons. The average molecular weight is 560 g/mol. The summed E-state index contributed by atoms with van der Waals surface area (Å²) in [5.41, 5.74) is 1.34. The summed E-state index contributed by atoms with van der Waals surface area (Å²) in [5.74, 6) is -4.53. The van der Waals surface area contributed by atoms with Crippen LogP contribution in [0.2, 0.25) is 0 Å².